The molecule has 4 aromatic rings. The van der Waals surface area contributed by atoms with E-state index in [1.54, 1.807) is 6.92 Å². The molecular weight excluding hydrogens is 853 g/mol. The number of hydrogen-bond acceptors (Lipinski definition) is 12. The third-order valence-electron chi connectivity index (χ3n) is 13.2. The number of nitrogens with zero attached hydrogens (tertiary/aromatic N) is 3. The summed E-state index contributed by atoms with van der Waals surface area (Å²) in [5.41, 5.74) is 0.420. The number of likely N-dealkylation sites (tertiary alicyclic amines) is 1. The zero-order valence-electron chi connectivity index (χ0n) is 37.6. The second-order valence-corrected chi connectivity index (χ2v) is 20.7. The van der Waals surface area contributed by atoms with E-state index < -0.39 is 68.2 Å². The first kappa shape index (κ1) is 45.8. The average molecular weight is 913 g/mol. The van der Waals surface area contributed by atoms with Crippen LogP contribution in [0.2, 0.25) is 0 Å². The summed E-state index contributed by atoms with van der Waals surface area (Å²) < 4.78 is 52.1. The highest BCUT2D eigenvalue weighted by molar-refractivity contribution is 7.91. The molecule has 2 aromatic heterocycles. The summed E-state index contributed by atoms with van der Waals surface area (Å²) in [4.78, 5) is 67.9. The van der Waals surface area contributed by atoms with Gasteiger partial charge >= 0.3 is 6.09 Å². The van der Waals surface area contributed by atoms with E-state index in [9.17, 15) is 27.6 Å². The largest absolute Gasteiger partial charge is 0.491 e. The molecule has 4 fully saturated rings. The molecule has 2 aromatic carbocycles. The molecular formula is C48H60N6O10S. The average Bonchev–Trinajstić information content (AvgIpc) is 3.96. The van der Waals surface area contributed by atoms with Crippen LogP contribution in [-0.2, 0) is 29.1 Å². The number of benzene rings is 2. The number of aromatic nitrogens is 2. The van der Waals surface area contributed by atoms with E-state index in [4.69, 9.17) is 28.6 Å². The van der Waals surface area contributed by atoms with Crippen LogP contribution >= 0.6 is 0 Å². The van der Waals surface area contributed by atoms with Crippen LogP contribution in [0, 0.1) is 5.92 Å². The van der Waals surface area contributed by atoms with Crippen LogP contribution in [0.1, 0.15) is 111 Å². The molecule has 3 aliphatic carbocycles. The predicted octanol–water partition coefficient (Wildman–Crippen LogP) is 7.25. The second kappa shape index (κ2) is 18.6. The minimum atomic E-state index is -4.04. The molecule has 348 valence electrons. The summed E-state index contributed by atoms with van der Waals surface area (Å²) in [6.07, 6.45) is 7.69. The Bertz CT molecular complexity index is 2550. The highest BCUT2D eigenvalue weighted by Gasteiger charge is 2.63. The number of sulfonamides is 1. The van der Waals surface area contributed by atoms with Crippen molar-refractivity contribution < 1.29 is 46.2 Å². The Morgan fingerprint density at radius 2 is 1.74 bits per heavy atom. The molecule has 3 saturated carbocycles. The molecule has 0 unspecified atom stereocenters. The zero-order valence-corrected chi connectivity index (χ0v) is 38.4. The topological polar surface area (TPSA) is 208 Å². The van der Waals surface area contributed by atoms with Crippen LogP contribution in [0.5, 0.6) is 11.6 Å². The molecule has 8 rings (SSSR count). The Hall–Kier alpha value is -5.71. The fraction of sp³-hybridized carbons (Fsp3) is 0.542. The van der Waals surface area contributed by atoms with Crippen molar-refractivity contribution in [1.29, 1.82) is 0 Å². The van der Waals surface area contributed by atoms with Crippen molar-refractivity contribution in [2.45, 2.75) is 152 Å². The van der Waals surface area contributed by atoms with Gasteiger partial charge < -0.3 is 34.2 Å². The van der Waals surface area contributed by atoms with Crippen LogP contribution in [0.3, 0.4) is 0 Å². The van der Waals surface area contributed by atoms with Gasteiger partial charge in [-0.25, -0.2) is 18.2 Å². The van der Waals surface area contributed by atoms with Gasteiger partial charge in [-0.3, -0.25) is 19.1 Å². The number of rotatable bonds is 19. The van der Waals surface area contributed by atoms with Crippen molar-refractivity contribution in [2.24, 2.45) is 5.92 Å². The van der Waals surface area contributed by atoms with Crippen molar-refractivity contribution in [3.05, 3.63) is 61.2 Å². The molecule has 16 nitrogen and oxygen atoms in total. The summed E-state index contributed by atoms with van der Waals surface area (Å²) in [5, 5.41) is 6.42. The number of hydrogen-bond donors (Lipinski definition) is 3. The van der Waals surface area contributed by atoms with Crippen LogP contribution < -0.4 is 24.8 Å². The first-order valence-corrected chi connectivity index (χ1v) is 24.5. The lowest BCUT2D eigenvalue weighted by Gasteiger charge is -2.30. The number of carbonyl (C=O) groups is 4. The number of unbranched alkanes of at least 4 members (excludes halogenated alkanes) is 3. The molecule has 4 aliphatic rings. The van der Waals surface area contributed by atoms with Gasteiger partial charge in [0.2, 0.25) is 27.4 Å². The van der Waals surface area contributed by atoms with Crippen molar-refractivity contribution in [2.75, 3.05) is 6.54 Å². The van der Waals surface area contributed by atoms with Gasteiger partial charge in [-0.1, -0.05) is 50.8 Å². The Morgan fingerprint density at radius 3 is 2.42 bits per heavy atom. The molecule has 0 radical (unpaired) electrons. The maximum Gasteiger partial charge on any atom is 0.408 e. The smallest absolute Gasteiger partial charge is 0.408 e. The van der Waals surface area contributed by atoms with Crippen molar-refractivity contribution in [3.8, 4) is 23.0 Å². The number of furan rings is 1. The maximum absolute atomic E-state index is 14.9. The van der Waals surface area contributed by atoms with Gasteiger partial charge in [-0.15, -0.1) is 6.58 Å². The third-order valence-corrected chi connectivity index (χ3v) is 15.4. The summed E-state index contributed by atoms with van der Waals surface area (Å²) in [6.45, 7) is 11.3. The maximum atomic E-state index is 14.9. The highest BCUT2D eigenvalue weighted by atomic mass is 32.2. The fourth-order valence-corrected chi connectivity index (χ4v) is 10.3. The molecule has 1 aliphatic heterocycles. The molecule has 0 spiro atoms. The van der Waals surface area contributed by atoms with Gasteiger partial charge in [0.05, 0.1) is 17.4 Å². The zero-order chi connectivity index (χ0) is 46.1. The number of carbonyl (C=O) groups excluding carboxylic acids is 4. The Labute approximate surface area is 379 Å². The van der Waals surface area contributed by atoms with E-state index in [2.05, 4.69) is 28.9 Å². The van der Waals surface area contributed by atoms with E-state index in [-0.39, 0.29) is 43.1 Å². The summed E-state index contributed by atoms with van der Waals surface area (Å²) in [5.74, 6) is -1.49. The Kier molecular flexibility index (Phi) is 13.2. The van der Waals surface area contributed by atoms with Gasteiger partial charge in [-0.2, -0.15) is 4.98 Å². The Morgan fingerprint density at radius 1 is 1.00 bits per heavy atom. The van der Waals surface area contributed by atoms with Gasteiger partial charge in [0, 0.05) is 23.3 Å². The normalized spacial score (nSPS) is 23.0. The first-order chi connectivity index (χ1) is 31.1. The standard InChI is InChI=1S/C48H60N6O10S/c1-6-8-9-10-18-36(49-46(58)63-32-15-11-12-16-32)44(56)54-28-34(26-37(54)42(55)52-48(27-31(48)7-2)45(57)53-65(59,60)47(5)24-25-47)62-43-40-39(35-17-13-14-19-38(35)64-40)50-41(51-43)30-20-22-33(23-21-30)61-29(3)4/h7,13-14,17,19-23,29,31-32,34,36-37H,2,6,8-12,15-16,18,24-28H2,1,3-5H3,(H,49,58)(H,52,55)(H,53,57)/t31-,34-,36+,37+,48-/m1/s1. The van der Waals surface area contributed by atoms with E-state index in [0.29, 0.717) is 53.9 Å². The molecule has 1 saturated heterocycles. The number of para-hydroxylation sites is 1. The summed E-state index contributed by atoms with van der Waals surface area (Å²) >= 11 is 0. The van der Waals surface area contributed by atoms with Crippen molar-refractivity contribution in [3.63, 3.8) is 0 Å². The van der Waals surface area contributed by atoms with Gasteiger partial charge in [0.1, 0.15) is 46.7 Å². The summed E-state index contributed by atoms with van der Waals surface area (Å²) in [6, 6.07) is 12.6. The van der Waals surface area contributed by atoms with E-state index in [1.807, 2.05) is 62.4 Å². The first-order valence-electron chi connectivity index (χ1n) is 23.1. The number of ether oxygens (including phenoxy) is 3. The predicted molar refractivity (Wildman–Crippen MR) is 243 cm³/mol. The van der Waals surface area contributed by atoms with Gasteiger partial charge in [-0.05, 0) is 109 Å². The SMILES string of the molecule is C=C[C@@H]1C[C@]1(NC(=O)[C@@H]1C[C@@H](Oc2nc(-c3ccc(OC(C)C)cc3)nc3c2oc2ccccc23)CN1C(=O)[C@H](CCCCCC)NC(=O)OC1CCCC1)C(=O)NS(=O)(=O)C1(C)CC1. The fourth-order valence-electron chi connectivity index (χ4n) is 8.95. The van der Waals surface area contributed by atoms with Gasteiger partial charge in [0.15, 0.2) is 5.82 Å². The molecule has 0 bridgehead atoms. The quantitative estimate of drug-likeness (QED) is 0.0628. The highest BCUT2D eigenvalue weighted by Crippen LogP contribution is 2.47. The summed E-state index contributed by atoms with van der Waals surface area (Å²) in [7, 11) is -4.04. The lowest BCUT2D eigenvalue weighted by molar-refractivity contribution is -0.141. The van der Waals surface area contributed by atoms with E-state index >= 15 is 0 Å². The lowest BCUT2D eigenvalue weighted by Crippen LogP contribution is -2.58. The van der Waals surface area contributed by atoms with E-state index in [0.717, 1.165) is 50.3 Å². The van der Waals surface area contributed by atoms with E-state index in [1.165, 1.54) is 11.0 Å². The number of fused-ring (bicyclic) bond motifs is 3. The van der Waals surface area contributed by atoms with Crippen LogP contribution in [0.4, 0.5) is 4.79 Å². The van der Waals surface area contributed by atoms with Gasteiger partial charge in [0.25, 0.3) is 11.8 Å². The minimum Gasteiger partial charge on any atom is -0.491 e. The second-order valence-electron chi connectivity index (χ2n) is 18.6. The van der Waals surface area contributed by atoms with Crippen LogP contribution in [-0.4, -0.2) is 94.3 Å². The number of amides is 4. The number of alkyl carbamates (subject to hydrolysis) is 1. The molecule has 65 heavy (non-hydrogen) atoms. The van der Waals surface area contributed by atoms with Crippen molar-refractivity contribution in [1.82, 2.24) is 30.2 Å². The van der Waals surface area contributed by atoms with Crippen LogP contribution in [0.25, 0.3) is 33.5 Å². The molecule has 3 N–H and O–H groups in total. The molecule has 3 heterocycles. The minimum absolute atomic E-state index is 0.0187. The molecule has 5 atom stereocenters. The lowest BCUT2D eigenvalue weighted by atomic mass is 10.1. The molecule has 17 heteroatoms. The molecule has 4 amide bonds. The number of nitrogens with one attached hydrogen (secondary N) is 3. The monoisotopic (exact) mass is 912 g/mol. The third kappa shape index (κ3) is 9.80. The Balaban J connectivity index is 1.12. The van der Waals surface area contributed by atoms with Crippen LogP contribution in [0.15, 0.2) is 65.6 Å². The van der Waals surface area contributed by atoms with Crippen molar-refractivity contribution >= 4 is 55.9 Å².